The summed E-state index contributed by atoms with van der Waals surface area (Å²) in [6.07, 6.45) is 1.85. The molecular weight excluding hydrogens is 308 g/mol. The summed E-state index contributed by atoms with van der Waals surface area (Å²) in [6, 6.07) is 4.89. The van der Waals surface area contributed by atoms with E-state index in [-0.39, 0.29) is 16.0 Å². The minimum Gasteiger partial charge on any atom is -0.478 e. The highest BCUT2D eigenvalue weighted by Gasteiger charge is 2.18. The monoisotopic (exact) mass is 324 g/mol. The van der Waals surface area contributed by atoms with Crippen LogP contribution in [0, 0.1) is 0 Å². The van der Waals surface area contributed by atoms with E-state index in [2.05, 4.69) is 31.1 Å². The second kappa shape index (κ2) is 6.03. The number of benzene rings is 1. The molecule has 1 heterocycles. The Bertz CT molecular complexity index is 662. The average Bonchev–Trinajstić information content (AvgIpc) is 2.86. The summed E-state index contributed by atoms with van der Waals surface area (Å²) in [5.74, 6) is -1.03. The molecule has 0 bridgehead atoms. The van der Waals surface area contributed by atoms with Gasteiger partial charge in [0.15, 0.2) is 0 Å². The average molecular weight is 325 g/mol. The summed E-state index contributed by atoms with van der Waals surface area (Å²) in [5.41, 5.74) is 0.864. The van der Waals surface area contributed by atoms with Gasteiger partial charge in [-0.15, -0.1) is 11.3 Å². The molecule has 0 aliphatic heterocycles. The van der Waals surface area contributed by atoms with Crippen molar-refractivity contribution in [3.05, 3.63) is 44.9 Å². The molecule has 1 aromatic heterocycles. The van der Waals surface area contributed by atoms with Crippen LogP contribution in [0.2, 0.25) is 5.02 Å². The van der Waals surface area contributed by atoms with E-state index in [1.54, 1.807) is 23.5 Å². The first-order valence-electron chi connectivity index (χ1n) is 6.49. The van der Waals surface area contributed by atoms with Crippen LogP contribution >= 0.6 is 22.9 Å². The van der Waals surface area contributed by atoms with E-state index in [0.29, 0.717) is 6.54 Å². The number of anilines is 1. The van der Waals surface area contributed by atoms with Crippen LogP contribution in [0.25, 0.3) is 0 Å². The lowest BCUT2D eigenvalue weighted by Gasteiger charge is -2.13. The molecule has 0 unspecified atom stereocenters. The van der Waals surface area contributed by atoms with E-state index < -0.39 is 5.97 Å². The van der Waals surface area contributed by atoms with Gasteiger partial charge < -0.3 is 10.4 Å². The fourth-order valence-corrected chi connectivity index (χ4v) is 2.83. The molecule has 2 aromatic rings. The first-order valence-corrected chi connectivity index (χ1v) is 7.69. The first-order chi connectivity index (χ1) is 9.77. The number of rotatable bonds is 4. The maximum absolute atomic E-state index is 11.0. The third kappa shape index (κ3) is 3.95. The molecule has 0 amide bonds. The Labute approximate surface area is 132 Å². The molecule has 112 valence electrons. The lowest BCUT2D eigenvalue weighted by molar-refractivity contribution is 0.0697. The Hall–Kier alpha value is -1.59. The zero-order valence-corrected chi connectivity index (χ0v) is 13.7. The van der Waals surface area contributed by atoms with Gasteiger partial charge in [0.2, 0.25) is 0 Å². The van der Waals surface area contributed by atoms with Crippen molar-refractivity contribution in [3.63, 3.8) is 0 Å². The SMILES string of the molecule is CC(C)(C)c1ncc(CNc2ccc(Cl)c(C(=O)O)c2)s1. The second-order valence-electron chi connectivity index (χ2n) is 5.74. The molecule has 0 atom stereocenters. The predicted octanol–water partition coefficient (Wildman–Crippen LogP) is 4.40. The van der Waals surface area contributed by atoms with Gasteiger partial charge in [0.1, 0.15) is 0 Å². The van der Waals surface area contributed by atoms with Crippen LogP contribution < -0.4 is 5.32 Å². The van der Waals surface area contributed by atoms with E-state index in [1.165, 1.54) is 6.07 Å². The summed E-state index contributed by atoms with van der Waals surface area (Å²) in [6.45, 7) is 6.98. The van der Waals surface area contributed by atoms with Crippen molar-refractivity contribution in [3.8, 4) is 0 Å². The Balaban J connectivity index is 2.08. The van der Waals surface area contributed by atoms with E-state index in [9.17, 15) is 4.79 Å². The number of carboxylic acid groups (broad SMARTS) is 1. The fourth-order valence-electron chi connectivity index (χ4n) is 1.72. The van der Waals surface area contributed by atoms with Crippen LogP contribution in [0.1, 0.15) is 41.0 Å². The van der Waals surface area contributed by atoms with Crippen LogP contribution in [-0.4, -0.2) is 16.1 Å². The van der Waals surface area contributed by atoms with Gasteiger partial charge in [0.25, 0.3) is 0 Å². The molecule has 0 radical (unpaired) electrons. The Morgan fingerprint density at radius 3 is 2.71 bits per heavy atom. The Kier molecular flexibility index (Phi) is 4.54. The number of nitrogens with zero attached hydrogens (tertiary/aromatic N) is 1. The molecule has 0 aliphatic rings. The molecule has 2 N–H and O–H groups in total. The molecule has 1 aromatic carbocycles. The molecular formula is C15H17ClN2O2S. The molecule has 0 spiro atoms. The van der Waals surface area contributed by atoms with Gasteiger partial charge >= 0.3 is 5.97 Å². The van der Waals surface area contributed by atoms with Crippen molar-refractivity contribution in [2.24, 2.45) is 0 Å². The molecule has 21 heavy (non-hydrogen) atoms. The highest BCUT2D eigenvalue weighted by Crippen LogP contribution is 2.27. The number of carbonyl (C=O) groups is 1. The quantitative estimate of drug-likeness (QED) is 0.874. The van der Waals surface area contributed by atoms with Crippen LogP contribution in [0.4, 0.5) is 5.69 Å². The van der Waals surface area contributed by atoms with Crippen LogP contribution in [0.15, 0.2) is 24.4 Å². The first kappa shape index (κ1) is 15.8. The summed E-state index contributed by atoms with van der Waals surface area (Å²) in [7, 11) is 0. The third-order valence-electron chi connectivity index (χ3n) is 2.86. The number of thiazole rings is 1. The third-order valence-corrected chi connectivity index (χ3v) is 4.61. The minimum atomic E-state index is -1.03. The van der Waals surface area contributed by atoms with Gasteiger partial charge in [-0.25, -0.2) is 9.78 Å². The van der Waals surface area contributed by atoms with Crippen LogP contribution in [0.3, 0.4) is 0 Å². The number of hydrogen-bond donors (Lipinski definition) is 2. The summed E-state index contributed by atoms with van der Waals surface area (Å²) in [4.78, 5) is 16.6. The van der Waals surface area contributed by atoms with Crippen molar-refractivity contribution >= 4 is 34.6 Å². The largest absolute Gasteiger partial charge is 0.478 e. The zero-order valence-electron chi connectivity index (χ0n) is 12.1. The number of nitrogens with one attached hydrogen (secondary N) is 1. The van der Waals surface area contributed by atoms with E-state index in [0.717, 1.165) is 15.6 Å². The van der Waals surface area contributed by atoms with Gasteiger partial charge in [0, 0.05) is 22.2 Å². The molecule has 0 saturated heterocycles. The Morgan fingerprint density at radius 2 is 2.14 bits per heavy atom. The standard InChI is InChI=1S/C15H17ClN2O2S/c1-15(2,3)14-18-8-10(21-14)7-17-9-4-5-12(16)11(6-9)13(19)20/h4-6,8,17H,7H2,1-3H3,(H,19,20). The van der Waals surface area contributed by atoms with Crippen molar-refractivity contribution < 1.29 is 9.90 Å². The van der Waals surface area contributed by atoms with Crippen molar-refractivity contribution in [1.29, 1.82) is 0 Å². The maximum atomic E-state index is 11.0. The van der Waals surface area contributed by atoms with Gasteiger partial charge in [-0.05, 0) is 18.2 Å². The zero-order chi connectivity index (χ0) is 15.6. The lowest BCUT2D eigenvalue weighted by atomic mass is 9.98. The van der Waals surface area contributed by atoms with E-state index >= 15 is 0 Å². The van der Waals surface area contributed by atoms with E-state index in [1.807, 2.05) is 6.20 Å². The molecule has 0 fully saturated rings. The lowest BCUT2D eigenvalue weighted by Crippen LogP contribution is -2.09. The number of aromatic nitrogens is 1. The molecule has 2 rings (SSSR count). The number of hydrogen-bond acceptors (Lipinski definition) is 4. The highest BCUT2D eigenvalue weighted by atomic mass is 35.5. The van der Waals surface area contributed by atoms with Crippen molar-refractivity contribution in [1.82, 2.24) is 4.98 Å². The van der Waals surface area contributed by atoms with Crippen molar-refractivity contribution in [2.45, 2.75) is 32.7 Å². The molecule has 4 nitrogen and oxygen atoms in total. The second-order valence-corrected chi connectivity index (χ2v) is 7.26. The fraction of sp³-hybridized carbons (Fsp3) is 0.333. The molecule has 6 heteroatoms. The van der Waals surface area contributed by atoms with Crippen molar-refractivity contribution in [2.75, 3.05) is 5.32 Å². The summed E-state index contributed by atoms with van der Waals surface area (Å²) < 4.78 is 0. The van der Waals surface area contributed by atoms with Gasteiger partial charge in [-0.1, -0.05) is 32.4 Å². The van der Waals surface area contributed by atoms with Gasteiger partial charge in [0.05, 0.1) is 22.1 Å². The van der Waals surface area contributed by atoms with Gasteiger partial charge in [-0.2, -0.15) is 0 Å². The smallest absolute Gasteiger partial charge is 0.337 e. The number of carboxylic acids is 1. The number of aromatic carboxylic acids is 1. The minimum absolute atomic E-state index is 0.0413. The predicted molar refractivity (Wildman–Crippen MR) is 86.6 cm³/mol. The Morgan fingerprint density at radius 1 is 1.43 bits per heavy atom. The van der Waals surface area contributed by atoms with Gasteiger partial charge in [-0.3, -0.25) is 0 Å². The van der Waals surface area contributed by atoms with Crippen LogP contribution in [0.5, 0.6) is 0 Å². The molecule has 0 saturated carbocycles. The topological polar surface area (TPSA) is 62.2 Å². The summed E-state index contributed by atoms with van der Waals surface area (Å²) >= 11 is 7.50. The van der Waals surface area contributed by atoms with Crippen LogP contribution in [-0.2, 0) is 12.0 Å². The highest BCUT2D eigenvalue weighted by molar-refractivity contribution is 7.11. The molecule has 0 aliphatic carbocycles. The summed E-state index contributed by atoms with van der Waals surface area (Å²) in [5, 5.41) is 13.6. The van der Waals surface area contributed by atoms with E-state index in [4.69, 9.17) is 16.7 Å². The number of halogens is 1. The maximum Gasteiger partial charge on any atom is 0.337 e. The normalized spacial score (nSPS) is 11.4.